The van der Waals surface area contributed by atoms with E-state index in [1.807, 2.05) is 38.1 Å². The third-order valence-electron chi connectivity index (χ3n) is 7.40. The fraction of sp³-hybridized carbons (Fsp3) is 0.545. The van der Waals surface area contributed by atoms with Gasteiger partial charge in [0.1, 0.15) is 23.7 Å². The molecule has 0 unspecified atom stereocenters. The molecule has 2 heterocycles. The number of aromatic nitrogens is 3. The fourth-order valence-electron chi connectivity index (χ4n) is 4.79. The third kappa shape index (κ3) is 9.46. The highest BCUT2D eigenvalue weighted by molar-refractivity contribution is 7.14. The molecule has 0 aliphatic rings. The lowest BCUT2D eigenvalue weighted by Crippen LogP contribution is -2.27. The molecule has 0 fully saturated rings. The van der Waals surface area contributed by atoms with Gasteiger partial charge in [0, 0.05) is 48.1 Å². The average molecular weight is 688 g/mol. The van der Waals surface area contributed by atoms with Crippen molar-refractivity contribution >= 4 is 48.8 Å². The Labute approximate surface area is 277 Å². The molecular formula is C33H49N3O7SSi2. The van der Waals surface area contributed by atoms with E-state index in [1.165, 1.54) is 11.5 Å². The molecule has 46 heavy (non-hydrogen) atoms. The van der Waals surface area contributed by atoms with Crippen LogP contribution in [0.2, 0.25) is 51.4 Å². The molecule has 0 aliphatic heterocycles. The number of rotatable bonds is 18. The van der Waals surface area contributed by atoms with Gasteiger partial charge in [0.05, 0.1) is 22.1 Å². The largest absolute Gasteiger partial charge is 0.465 e. The van der Waals surface area contributed by atoms with Gasteiger partial charge in [-0.1, -0.05) is 69.0 Å². The molecule has 0 amide bonds. The van der Waals surface area contributed by atoms with Crippen LogP contribution in [-0.2, 0) is 32.2 Å². The number of fused-ring (bicyclic) bond motifs is 2. The van der Waals surface area contributed by atoms with Gasteiger partial charge >= 0.3 is 0 Å². The number of hydrogen-bond acceptors (Lipinski definition) is 9. The van der Waals surface area contributed by atoms with Crippen molar-refractivity contribution < 1.29 is 23.7 Å². The van der Waals surface area contributed by atoms with Gasteiger partial charge in [-0.2, -0.15) is 0 Å². The first-order chi connectivity index (χ1) is 21.8. The van der Waals surface area contributed by atoms with Crippen molar-refractivity contribution in [1.29, 1.82) is 0 Å². The quantitative estimate of drug-likeness (QED) is 0.0637. The van der Waals surface area contributed by atoms with Crippen LogP contribution < -0.4 is 15.9 Å². The van der Waals surface area contributed by atoms with Crippen LogP contribution in [0.15, 0.2) is 46.0 Å². The van der Waals surface area contributed by atoms with Gasteiger partial charge in [-0.15, -0.1) is 0 Å². The summed E-state index contributed by atoms with van der Waals surface area (Å²) in [5.41, 5.74) is 1.47. The summed E-state index contributed by atoms with van der Waals surface area (Å²) in [7, 11) is -2.57. The molecule has 0 spiro atoms. The summed E-state index contributed by atoms with van der Waals surface area (Å²) in [5.74, 6) is 0.511. The van der Waals surface area contributed by atoms with Gasteiger partial charge in [-0.3, -0.25) is 18.1 Å². The minimum Gasteiger partial charge on any atom is -0.465 e. The molecule has 0 aliphatic carbocycles. The Balaban J connectivity index is 1.78. The second-order valence-electron chi connectivity index (χ2n) is 13.6. The van der Waals surface area contributed by atoms with Crippen molar-refractivity contribution in [3.8, 4) is 17.0 Å². The van der Waals surface area contributed by atoms with E-state index in [0.29, 0.717) is 58.9 Å². The van der Waals surface area contributed by atoms with Gasteiger partial charge < -0.3 is 23.7 Å². The first kappa shape index (κ1) is 36.2. The highest BCUT2D eigenvalue weighted by Gasteiger charge is 2.22. The monoisotopic (exact) mass is 687 g/mol. The number of ether oxygens (including phenoxy) is 5. The summed E-state index contributed by atoms with van der Waals surface area (Å²) >= 11 is 1.28. The summed E-state index contributed by atoms with van der Waals surface area (Å²) in [6.45, 7) is 20.1. The summed E-state index contributed by atoms with van der Waals surface area (Å²) < 4.78 is 33.3. The Kier molecular flexibility index (Phi) is 12.6. The SMILES string of the molecule is CCOC(Cn1sc2c(-c3nc4c(OCOCC[Si](C)(C)C)cccc4n(COCC[Si](C)(C)C)c3=O)cccc2c1=O)OCC. The van der Waals surface area contributed by atoms with E-state index in [0.717, 1.165) is 12.1 Å². The third-order valence-corrected chi connectivity index (χ3v) is 12.0. The minimum atomic E-state index is -1.33. The van der Waals surface area contributed by atoms with E-state index in [-0.39, 0.29) is 36.9 Å². The van der Waals surface area contributed by atoms with Gasteiger partial charge in [-0.25, -0.2) is 4.98 Å². The van der Waals surface area contributed by atoms with E-state index < -0.39 is 22.4 Å². The van der Waals surface area contributed by atoms with Crippen LogP contribution >= 0.6 is 11.5 Å². The number of benzene rings is 2. The van der Waals surface area contributed by atoms with Crippen molar-refractivity contribution in [2.75, 3.05) is 33.2 Å². The van der Waals surface area contributed by atoms with E-state index in [1.54, 1.807) is 20.7 Å². The fourth-order valence-corrected chi connectivity index (χ4v) is 7.42. The van der Waals surface area contributed by atoms with Gasteiger partial charge in [-0.05, 0) is 44.1 Å². The molecule has 0 saturated carbocycles. The topological polar surface area (TPSA) is 103 Å². The van der Waals surface area contributed by atoms with Crippen molar-refractivity contribution in [3.05, 3.63) is 57.1 Å². The second kappa shape index (κ2) is 16.0. The van der Waals surface area contributed by atoms with E-state index in [2.05, 4.69) is 39.3 Å². The van der Waals surface area contributed by atoms with Crippen LogP contribution in [0.4, 0.5) is 0 Å². The predicted molar refractivity (Wildman–Crippen MR) is 192 cm³/mol. The Morgan fingerprint density at radius 3 is 2.15 bits per heavy atom. The molecule has 0 saturated heterocycles. The normalized spacial score (nSPS) is 12.5. The maximum absolute atomic E-state index is 14.2. The van der Waals surface area contributed by atoms with Crippen LogP contribution in [-0.4, -0.2) is 69.2 Å². The molecule has 13 heteroatoms. The first-order valence-electron chi connectivity index (χ1n) is 16.0. The summed E-state index contributed by atoms with van der Waals surface area (Å²) in [4.78, 5) is 32.6. The predicted octanol–water partition coefficient (Wildman–Crippen LogP) is 6.84. The summed E-state index contributed by atoms with van der Waals surface area (Å²) in [6.07, 6.45) is -0.554. The average Bonchev–Trinajstić information content (AvgIpc) is 3.30. The van der Waals surface area contributed by atoms with E-state index >= 15 is 0 Å². The lowest BCUT2D eigenvalue weighted by molar-refractivity contribution is -0.142. The number of para-hydroxylation sites is 1. The summed E-state index contributed by atoms with van der Waals surface area (Å²) in [5, 5.41) is 0.508. The molecule has 0 bridgehead atoms. The molecule has 2 aromatic heterocycles. The van der Waals surface area contributed by atoms with Crippen LogP contribution in [0.5, 0.6) is 5.75 Å². The zero-order valence-corrected chi connectivity index (χ0v) is 31.3. The van der Waals surface area contributed by atoms with Crippen molar-refractivity contribution in [2.45, 2.75) is 84.8 Å². The Hall–Kier alpha value is -2.66. The smallest absolute Gasteiger partial charge is 0.279 e. The van der Waals surface area contributed by atoms with Crippen molar-refractivity contribution in [2.24, 2.45) is 0 Å². The first-order valence-corrected chi connectivity index (χ1v) is 24.2. The van der Waals surface area contributed by atoms with Crippen molar-refractivity contribution in [1.82, 2.24) is 13.5 Å². The highest BCUT2D eigenvalue weighted by Crippen LogP contribution is 2.31. The Morgan fingerprint density at radius 2 is 1.50 bits per heavy atom. The number of hydrogen-bond donors (Lipinski definition) is 0. The van der Waals surface area contributed by atoms with E-state index in [9.17, 15) is 9.59 Å². The molecule has 0 N–H and O–H groups in total. The van der Waals surface area contributed by atoms with Crippen LogP contribution in [0.1, 0.15) is 13.8 Å². The molecule has 4 rings (SSSR count). The van der Waals surface area contributed by atoms with Gasteiger partial charge in [0.25, 0.3) is 11.1 Å². The van der Waals surface area contributed by atoms with Gasteiger partial charge in [0.15, 0.2) is 13.1 Å². The van der Waals surface area contributed by atoms with Crippen LogP contribution in [0, 0.1) is 0 Å². The number of nitrogens with zero attached hydrogens (tertiary/aromatic N) is 3. The molecule has 0 radical (unpaired) electrons. The molecule has 252 valence electrons. The maximum atomic E-state index is 14.2. The lowest BCUT2D eigenvalue weighted by Gasteiger charge is -2.18. The Morgan fingerprint density at radius 1 is 0.848 bits per heavy atom. The second-order valence-corrected chi connectivity index (χ2v) is 25.9. The standard InChI is InChI=1S/C33H49N3O7SSi2/c1-9-41-28(42-10-2)21-36-32(37)25-14-11-13-24(31(25)44-36)29-33(38)35(22-39-17-19-45(3,4)5)26-15-12-16-27(30(26)34-29)43-23-40-18-20-46(6,7)8/h11-16,28H,9-10,17-23H2,1-8H3. The van der Waals surface area contributed by atoms with Crippen molar-refractivity contribution in [3.63, 3.8) is 0 Å². The maximum Gasteiger partial charge on any atom is 0.279 e. The zero-order valence-electron chi connectivity index (χ0n) is 28.5. The molecule has 10 nitrogen and oxygen atoms in total. The molecule has 0 atom stereocenters. The highest BCUT2D eigenvalue weighted by atomic mass is 32.1. The Bertz CT molecular complexity index is 1720. The molecule has 4 aromatic rings. The minimum absolute atomic E-state index is 0.0725. The van der Waals surface area contributed by atoms with Crippen LogP contribution in [0.3, 0.4) is 0 Å². The van der Waals surface area contributed by atoms with Crippen LogP contribution in [0.25, 0.3) is 32.4 Å². The zero-order chi connectivity index (χ0) is 33.5. The van der Waals surface area contributed by atoms with Gasteiger partial charge in [0.2, 0.25) is 0 Å². The summed E-state index contributed by atoms with van der Waals surface area (Å²) in [6, 6.07) is 12.9. The van der Waals surface area contributed by atoms with E-state index in [4.69, 9.17) is 28.7 Å². The molecule has 2 aromatic carbocycles. The molecular weight excluding hydrogens is 639 g/mol. The lowest BCUT2D eigenvalue weighted by atomic mass is 10.1.